The Hall–Kier alpha value is -3.86. The zero-order chi connectivity index (χ0) is 26.9. The summed E-state index contributed by atoms with van der Waals surface area (Å²) in [6.07, 6.45) is 8.47. The van der Waals surface area contributed by atoms with Crippen molar-refractivity contribution >= 4 is 29.3 Å². The van der Waals surface area contributed by atoms with Crippen molar-refractivity contribution in [2.75, 3.05) is 17.2 Å². The van der Waals surface area contributed by atoms with Crippen LogP contribution in [-0.2, 0) is 20.9 Å². The Kier molecular flexibility index (Phi) is 9.36. The van der Waals surface area contributed by atoms with Crippen molar-refractivity contribution in [3.8, 4) is 11.1 Å². The Morgan fingerprint density at radius 1 is 0.947 bits per heavy atom. The zero-order valence-corrected chi connectivity index (χ0v) is 22.4. The van der Waals surface area contributed by atoms with Crippen molar-refractivity contribution in [3.05, 3.63) is 90.0 Å². The number of hydrogen-bond donors (Lipinski definition) is 1. The minimum Gasteiger partial charge on any atom is -0.462 e. The van der Waals surface area contributed by atoms with Crippen LogP contribution in [0, 0.1) is 11.8 Å². The van der Waals surface area contributed by atoms with Crippen LogP contribution >= 0.6 is 0 Å². The third-order valence-electron chi connectivity index (χ3n) is 6.91. The molecule has 0 aromatic heterocycles. The van der Waals surface area contributed by atoms with E-state index in [1.54, 1.807) is 6.08 Å². The van der Waals surface area contributed by atoms with Crippen molar-refractivity contribution in [1.29, 1.82) is 0 Å². The first-order valence-corrected chi connectivity index (χ1v) is 13.6. The molecule has 0 saturated heterocycles. The number of esters is 1. The topological polar surface area (TPSA) is 72.6 Å². The maximum atomic E-state index is 13.8. The molecule has 0 spiro atoms. The van der Waals surface area contributed by atoms with E-state index in [2.05, 4.69) is 24.3 Å². The SMILES string of the molecule is CC(C)COC(=O)/C=C/c1cccc(N(Cc2ccc(-c3ccc(N)cc3)cc2)C(=O)C2CCCCC2)c1. The average Bonchev–Trinajstić information content (AvgIpc) is 2.95. The summed E-state index contributed by atoms with van der Waals surface area (Å²) in [5.41, 5.74) is 11.5. The highest BCUT2D eigenvalue weighted by atomic mass is 16.5. The highest BCUT2D eigenvalue weighted by Crippen LogP contribution is 2.30. The summed E-state index contributed by atoms with van der Waals surface area (Å²) < 4.78 is 5.25. The Labute approximate surface area is 226 Å². The molecule has 4 rings (SSSR count). The Morgan fingerprint density at radius 2 is 1.61 bits per heavy atom. The summed E-state index contributed by atoms with van der Waals surface area (Å²) >= 11 is 0. The maximum absolute atomic E-state index is 13.8. The number of carbonyl (C=O) groups is 2. The minimum atomic E-state index is -0.361. The first kappa shape index (κ1) is 27.2. The first-order valence-electron chi connectivity index (χ1n) is 13.6. The van der Waals surface area contributed by atoms with Gasteiger partial charge >= 0.3 is 5.97 Å². The van der Waals surface area contributed by atoms with Gasteiger partial charge in [-0.2, -0.15) is 0 Å². The van der Waals surface area contributed by atoms with Gasteiger partial charge < -0.3 is 15.4 Å². The van der Waals surface area contributed by atoms with E-state index in [4.69, 9.17) is 10.5 Å². The van der Waals surface area contributed by atoms with E-state index in [0.29, 0.717) is 13.2 Å². The third-order valence-corrected chi connectivity index (χ3v) is 6.91. The number of amides is 1. The number of anilines is 2. The summed E-state index contributed by atoms with van der Waals surface area (Å²) in [5, 5.41) is 0. The maximum Gasteiger partial charge on any atom is 0.330 e. The molecule has 2 N–H and O–H groups in total. The van der Waals surface area contributed by atoms with Crippen molar-refractivity contribution in [3.63, 3.8) is 0 Å². The molecule has 1 amide bonds. The molecular formula is C33H38N2O3. The summed E-state index contributed by atoms with van der Waals surface area (Å²) in [6.45, 7) is 4.89. The van der Waals surface area contributed by atoms with Gasteiger partial charge in [-0.05, 0) is 71.4 Å². The summed E-state index contributed by atoms with van der Waals surface area (Å²) in [7, 11) is 0. The molecule has 198 valence electrons. The van der Waals surface area contributed by atoms with Gasteiger partial charge in [0.25, 0.3) is 0 Å². The van der Waals surface area contributed by atoms with Crippen LogP contribution in [-0.4, -0.2) is 18.5 Å². The van der Waals surface area contributed by atoms with Gasteiger partial charge in [0.15, 0.2) is 0 Å². The minimum absolute atomic E-state index is 0.0445. The molecule has 0 aliphatic heterocycles. The number of nitrogens with two attached hydrogens (primary N) is 1. The van der Waals surface area contributed by atoms with Gasteiger partial charge in [0, 0.05) is 23.4 Å². The van der Waals surface area contributed by atoms with E-state index in [0.717, 1.165) is 59.3 Å². The van der Waals surface area contributed by atoms with E-state index in [-0.39, 0.29) is 23.7 Å². The van der Waals surface area contributed by atoms with Crippen molar-refractivity contribution in [2.45, 2.75) is 52.5 Å². The molecule has 3 aromatic carbocycles. The van der Waals surface area contributed by atoms with Gasteiger partial charge in [-0.3, -0.25) is 4.79 Å². The highest BCUT2D eigenvalue weighted by Gasteiger charge is 2.27. The number of nitrogen functional groups attached to an aromatic ring is 1. The second-order valence-electron chi connectivity index (χ2n) is 10.5. The van der Waals surface area contributed by atoms with E-state index < -0.39 is 0 Å². The van der Waals surface area contributed by atoms with Crippen LogP contribution in [0.4, 0.5) is 11.4 Å². The van der Waals surface area contributed by atoms with Crippen LogP contribution in [0.15, 0.2) is 78.9 Å². The number of hydrogen-bond acceptors (Lipinski definition) is 4. The van der Waals surface area contributed by atoms with Crippen molar-refractivity contribution in [1.82, 2.24) is 0 Å². The molecule has 0 bridgehead atoms. The molecule has 0 unspecified atom stereocenters. The molecule has 0 atom stereocenters. The molecule has 5 heteroatoms. The molecular weight excluding hydrogens is 472 g/mol. The molecule has 1 aliphatic rings. The number of carbonyl (C=O) groups excluding carboxylic acids is 2. The lowest BCUT2D eigenvalue weighted by molar-refractivity contribution is -0.138. The van der Waals surface area contributed by atoms with Crippen molar-refractivity contribution < 1.29 is 14.3 Å². The fraction of sp³-hybridized carbons (Fsp3) is 0.333. The molecule has 38 heavy (non-hydrogen) atoms. The van der Waals surface area contributed by atoms with Gasteiger partial charge in [-0.1, -0.05) is 81.6 Å². The lowest BCUT2D eigenvalue weighted by atomic mass is 9.88. The van der Waals surface area contributed by atoms with Crippen LogP contribution in [0.5, 0.6) is 0 Å². The van der Waals surface area contributed by atoms with Crippen LogP contribution in [0.3, 0.4) is 0 Å². The van der Waals surface area contributed by atoms with Gasteiger partial charge in [0.1, 0.15) is 0 Å². The number of benzene rings is 3. The number of ether oxygens (including phenoxy) is 1. The van der Waals surface area contributed by atoms with E-state index in [9.17, 15) is 9.59 Å². The molecule has 3 aromatic rings. The monoisotopic (exact) mass is 510 g/mol. The predicted molar refractivity (Wildman–Crippen MR) is 155 cm³/mol. The Bertz CT molecular complexity index is 1240. The van der Waals surface area contributed by atoms with Crippen LogP contribution < -0.4 is 10.6 Å². The summed E-state index contributed by atoms with van der Waals surface area (Å²) in [6, 6.07) is 24.0. The Balaban J connectivity index is 1.55. The molecule has 0 radical (unpaired) electrons. The molecule has 1 fully saturated rings. The van der Waals surface area contributed by atoms with E-state index in [1.807, 2.05) is 67.3 Å². The molecule has 0 heterocycles. The largest absolute Gasteiger partial charge is 0.462 e. The lowest BCUT2D eigenvalue weighted by Crippen LogP contribution is -2.36. The molecule has 1 saturated carbocycles. The third kappa shape index (κ3) is 7.58. The lowest BCUT2D eigenvalue weighted by Gasteiger charge is -2.30. The van der Waals surface area contributed by atoms with E-state index >= 15 is 0 Å². The number of nitrogens with zero attached hydrogens (tertiary/aromatic N) is 1. The average molecular weight is 511 g/mol. The second kappa shape index (κ2) is 13.1. The van der Waals surface area contributed by atoms with E-state index in [1.165, 1.54) is 12.5 Å². The predicted octanol–water partition coefficient (Wildman–Crippen LogP) is 7.26. The molecule has 1 aliphatic carbocycles. The molecule has 5 nitrogen and oxygen atoms in total. The van der Waals surface area contributed by atoms with Gasteiger partial charge in [0.2, 0.25) is 5.91 Å². The van der Waals surface area contributed by atoms with Gasteiger partial charge in [0.05, 0.1) is 13.2 Å². The summed E-state index contributed by atoms with van der Waals surface area (Å²) in [5.74, 6) is 0.142. The fourth-order valence-electron chi connectivity index (χ4n) is 4.78. The number of rotatable bonds is 9. The second-order valence-corrected chi connectivity index (χ2v) is 10.5. The Morgan fingerprint density at radius 3 is 2.26 bits per heavy atom. The van der Waals surface area contributed by atoms with Gasteiger partial charge in [-0.25, -0.2) is 4.79 Å². The van der Waals surface area contributed by atoms with Crippen LogP contribution in [0.1, 0.15) is 57.1 Å². The summed E-state index contributed by atoms with van der Waals surface area (Å²) in [4.78, 5) is 27.7. The fourth-order valence-corrected chi connectivity index (χ4v) is 4.78. The van der Waals surface area contributed by atoms with Gasteiger partial charge in [-0.15, -0.1) is 0 Å². The zero-order valence-electron chi connectivity index (χ0n) is 22.4. The normalized spacial score (nSPS) is 14.1. The first-order chi connectivity index (χ1) is 18.4. The quantitative estimate of drug-likeness (QED) is 0.187. The van der Waals surface area contributed by atoms with Crippen LogP contribution in [0.25, 0.3) is 17.2 Å². The van der Waals surface area contributed by atoms with Crippen molar-refractivity contribution in [2.24, 2.45) is 11.8 Å². The standard InChI is InChI=1S/C33H38N2O3/c1-24(2)23-38-32(36)20-13-25-7-6-10-31(21-25)35(33(37)29-8-4-3-5-9-29)22-26-11-14-27(15-12-26)28-16-18-30(34)19-17-28/h6-7,10-21,24,29H,3-5,8-9,22-23,34H2,1-2H3/b20-13+. The smallest absolute Gasteiger partial charge is 0.330 e. The highest BCUT2D eigenvalue weighted by molar-refractivity contribution is 5.95. The van der Waals surface area contributed by atoms with Crippen LogP contribution in [0.2, 0.25) is 0 Å².